The molecular weight excluding hydrogens is 268 g/mol. The Morgan fingerprint density at radius 3 is 2.47 bits per heavy atom. The lowest BCUT2D eigenvalue weighted by atomic mass is 10.2. The molecule has 0 saturated carbocycles. The number of amides is 1. The van der Waals surface area contributed by atoms with Crippen molar-refractivity contribution in [3.8, 4) is 0 Å². The average Bonchev–Trinajstić information content (AvgIpc) is 2.27. The maximum Gasteiger partial charge on any atom is 0.257 e. The van der Waals surface area contributed by atoms with E-state index in [9.17, 15) is 13.6 Å². The molecule has 4 N–H and O–H groups in total. The van der Waals surface area contributed by atoms with Crippen LogP contribution in [-0.4, -0.2) is 20.6 Å². The van der Waals surface area contributed by atoms with Gasteiger partial charge in [0, 0.05) is 5.56 Å². The van der Waals surface area contributed by atoms with Gasteiger partial charge in [-0.2, -0.15) is 0 Å². The van der Waals surface area contributed by atoms with Gasteiger partial charge in [0.15, 0.2) is 0 Å². The van der Waals surface area contributed by atoms with Crippen LogP contribution in [0.3, 0.4) is 0 Å². The minimum atomic E-state index is -2.56. The first kappa shape index (κ1) is 15.4. The van der Waals surface area contributed by atoms with Crippen LogP contribution < -0.4 is 15.9 Å². The molecule has 0 aliphatic heterocycles. The molecule has 0 saturated heterocycles. The van der Waals surface area contributed by atoms with Crippen molar-refractivity contribution in [2.24, 2.45) is 10.8 Å². The number of hydrogen-bond acceptors (Lipinski definition) is 4. The van der Waals surface area contributed by atoms with Gasteiger partial charge in [-0.25, -0.2) is 4.83 Å². The molecule has 1 rings (SSSR count). The number of benzene rings is 1. The topological polar surface area (TPSA) is 120 Å². The molecule has 1 aromatic carbocycles. The molecule has 1 amide bonds. The Kier molecular flexibility index (Phi) is 6.87. The third kappa shape index (κ3) is 5.85. The minimum Gasteiger partial charge on any atom is -0.754 e. The van der Waals surface area contributed by atoms with E-state index >= 15 is 0 Å². The van der Waals surface area contributed by atoms with Crippen molar-refractivity contribution in [3.05, 3.63) is 35.9 Å². The van der Waals surface area contributed by atoms with Crippen molar-refractivity contribution < 1.29 is 13.6 Å². The second kappa shape index (κ2) is 7.60. The van der Waals surface area contributed by atoms with Gasteiger partial charge in [-0.3, -0.25) is 14.3 Å². The molecule has 0 aliphatic rings. The molecule has 0 radical (unpaired) electrons. The molecule has 0 heterocycles. The Bertz CT molecular complexity index is 426. The summed E-state index contributed by atoms with van der Waals surface area (Å²) in [6.45, 7) is 0. The van der Waals surface area contributed by atoms with Gasteiger partial charge in [0.1, 0.15) is 0 Å². The summed E-state index contributed by atoms with van der Waals surface area (Å²) in [5, 5.41) is 5.39. The molecule has 0 aromatic heterocycles. The summed E-state index contributed by atoms with van der Waals surface area (Å²) in [6, 6.07) is 8.31. The maximum absolute atomic E-state index is 11.4. The monoisotopic (exact) mass is 277 g/mol. The zero-order valence-corrected chi connectivity index (χ0v) is 10.1. The molecule has 0 bridgehead atoms. The summed E-state index contributed by atoms with van der Waals surface area (Å²) in [5.74, 6) is -0.807. The first-order valence-corrected chi connectivity index (χ1v) is 5.21. The Balaban J connectivity index is 0.00000256. The van der Waals surface area contributed by atoms with Crippen molar-refractivity contribution in [1.29, 1.82) is 0 Å². The fourth-order valence-corrected chi connectivity index (χ4v) is 1.07. The third-order valence-corrected chi connectivity index (χ3v) is 1.76. The lowest BCUT2D eigenvalue weighted by Gasteiger charge is -2.06. The van der Waals surface area contributed by atoms with Crippen LogP contribution in [0.15, 0.2) is 35.4 Å². The smallest absolute Gasteiger partial charge is 0.257 e. The highest BCUT2D eigenvalue weighted by Crippen LogP contribution is 1.96. The van der Waals surface area contributed by atoms with E-state index in [-0.39, 0.29) is 18.4 Å². The van der Waals surface area contributed by atoms with E-state index in [1.165, 1.54) is 0 Å². The molecule has 0 aliphatic carbocycles. The number of hydrazone groups is 1. The molecule has 1 unspecified atom stereocenters. The summed E-state index contributed by atoms with van der Waals surface area (Å²) >= 11 is -2.56. The number of guanidine groups is 1. The van der Waals surface area contributed by atoms with Gasteiger partial charge >= 0.3 is 0 Å². The average molecular weight is 278 g/mol. The highest BCUT2D eigenvalue weighted by Gasteiger charge is 2.04. The summed E-state index contributed by atoms with van der Waals surface area (Å²) in [4.78, 5) is 13.1. The highest BCUT2D eigenvalue weighted by atomic mass is 35.5. The number of nitrogens with zero attached hydrogens (tertiary/aromatic N) is 1. The van der Waals surface area contributed by atoms with Crippen LogP contribution in [0.5, 0.6) is 0 Å². The molecule has 0 spiro atoms. The lowest BCUT2D eigenvalue weighted by Crippen LogP contribution is -2.38. The van der Waals surface area contributed by atoms with Gasteiger partial charge in [-0.1, -0.05) is 18.2 Å². The number of halogens is 1. The van der Waals surface area contributed by atoms with Crippen molar-refractivity contribution in [1.82, 2.24) is 10.1 Å². The Morgan fingerprint density at radius 2 is 1.94 bits per heavy atom. The van der Waals surface area contributed by atoms with E-state index in [1.807, 2.05) is 0 Å². The standard InChI is InChI=1S/C8H10N4O3S.ClH/c9-8(11-12-16(14)15)10-7(13)6-4-2-1-3-5-6;/h1-5,12H,(H,14,15)(H3,9,10,11,13);1H/p-1. The van der Waals surface area contributed by atoms with Gasteiger partial charge in [0.05, 0.1) is 11.3 Å². The quantitative estimate of drug-likeness (QED) is 0.297. The van der Waals surface area contributed by atoms with Crippen LogP contribution in [0.2, 0.25) is 0 Å². The van der Waals surface area contributed by atoms with E-state index in [4.69, 9.17) is 5.73 Å². The second-order valence-corrected chi connectivity index (χ2v) is 3.30. The van der Waals surface area contributed by atoms with Gasteiger partial charge in [-0.05, 0) is 12.1 Å². The van der Waals surface area contributed by atoms with Crippen molar-refractivity contribution in [3.63, 3.8) is 0 Å². The third-order valence-electron chi connectivity index (χ3n) is 1.52. The lowest BCUT2D eigenvalue weighted by molar-refractivity contribution is 0.0976. The Morgan fingerprint density at radius 1 is 1.35 bits per heavy atom. The number of nitrogens with one attached hydrogen (secondary N) is 2. The summed E-state index contributed by atoms with van der Waals surface area (Å²) < 4.78 is 20.1. The summed E-state index contributed by atoms with van der Waals surface area (Å²) in [7, 11) is 0. The normalized spacial score (nSPS) is 12.2. The molecule has 1 aromatic rings. The van der Waals surface area contributed by atoms with Crippen LogP contribution in [0.25, 0.3) is 0 Å². The van der Waals surface area contributed by atoms with Crippen LogP contribution in [0.1, 0.15) is 10.4 Å². The van der Waals surface area contributed by atoms with Crippen LogP contribution >= 0.6 is 12.4 Å². The zero-order valence-electron chi connectivity index (χ0n) is 8.45. The van der Waals surface area contributed by atoms with E-state index < -0.39 is 17.2 Å². The fraction of sp³-hybridized carbons (Fsp3) is 0. The van der Waals surface area contributed by atoms with E-state index in [1.54, 1.807) is 35.2 Å². The van der Waals surface area contributed by atoms with E-state index in [0.717, 1.165) is 0 Å². The molecule has 1 atom stereocenters. The van der Waals surface area contributed by atoms with Crippen molar-refractivity contribution in [2.75, 3.05) is 0 Å². The molecule has 94 valence electrons. The Labute approximate surface area is 106 Å². The SMILES string of the molecule is Cl.NC(=NNS(=O)[O-])NC(=O)c1ccccc1. The fourth-order valence-electron chi connectivity index (χ4n) is 0.892. The van der Waals surface area contributed by atoms with E-state index in [2.05, 4.69) is 10.4 Å². The number of carbonyl (C=O) groups is 1. The molecule has 9 heteroatoms. The van der Waals surface area contributed by atoms with Crippen LogP contribution in [-0.2, 0) is 11.3 Å². The largest absolute Gasteiger partial charge is 0.754 e. The highest BCUT2D eigenvalue weighted by molar-refractivity contribution is 7.77. The van der Waals surface area contributed by atoms with E-state index in [0.29, 0.717) is 5.56 Å². The molecule has 0 fully saturated rings. The van der Waals surface area contributed by atoms with Crippen LogP contribution in [0.4, 0.5) is 0 Å². The molecular formula is C8H10ClN4O3S-. The van der Waals surface area contributed by atoms with Crippen LogP contribution in [0, 0.1) is 0 Å². The first-order valence-electron chi connectivity index (χ1n) is 4.14. The number of carbonyl (C=O) groups excluding carboxylic acids is 1. The van der Waals surface area contributed by atoms with Gasteiger partial charge < -0.3 is 10.3 Å². The first-order chi connectivity index (χ1) is 7.59. The molecule has 7 nitrogen and oxygen atoms in total. The maximum atomic E-state index is 11.4. The predicted octanol–water partition coefficient (Wildman–Crippen LogP) is -0.548. The Hall–Kier alpha value is -1.64. The number of hydrogen-bond donors (Lipinski definition) is 3. The molecule has 17 heavy (non-hydrogen) atoms. The second-order valence-electron chi connectivity index (χ2n) is 2.64. The van der Waals surface area contributed by atoms with Gasteiger partial charge in [-0.15, -0.1) is 17.5 Å². The predicted molar refractivity (Wildman–Crippen MR) is 64.8 cm³/mol. The summed E-state index contributed by atoms with van der Waals surface area (Å²) in [6.07, 6.45) is 0. The van der Waals surface area contributed by atoms with Gasteiger partial charge in [0.25, 0.3) is 5.91 Å². The number of nitrogens with two attached hydrogens (primary N) is 1. The van der Waals surface area contributed by atoms with Crippen molar-refractivity contribution >= 4 is 35.5 Å². The van der Waals surface area contributed by atoms with Gasteiger partial charge in [0.2, 0.25) is 5.96 Å². The zero-order chi connectivity index (χ0) is 12.0. The van der Waals surface area contributed by atoms with Crippen molar-refractivity contribution in [2.45, 2.75) is 0 Å². The minimum absolute atomic E-state index is 0. The number of rotatable bonds is 3. The summed E-state index contributed by atoms with van der Waals surface area (Å²) in [5.41, 5.74) is 5.63.